The molecule has 0 spiro atoms. The van der Waals surface area contributed by atoms with Gasteiger partial charge in [-0.05, 0) is 37.8 Å². The second-order valence-electron chi connectivity index (χ2n) is 4.28. The average Bonchev–Trinajstić information content (AvgIpc) is 2.30. The molecule has 1 heterocycles. The maximum Gasteiger partial charge on any atom is 0.289 e. The molecule has 3 rings (SSSR count). The highest BCUT2D eigenvalue weighted by Crippen LogP contribution is 2.39. The van der Waals surface area contributed by atoms with Crippen LogP contribution in [-0.4, -0.2) is 12.6 Å². The van der Waals surface area contributed by atoms with Crippen LogP contribution >= 0.6 is 0 Å². The van der Waals surface area contributed by atoms with Crippen LogP contribution in [0.1, 0.15) is 36.9 Å². The molecule has 1 aliphatic carbocycles. The van der Waals surface area contributed by atoms with Crippen LogP contribution in [-0.2, 0) is 11.2 Å². The Morgan fingerprint density at radius 1 is 1.50 bits per heavy atom. The summed E-state index contributed by atoms with van der Waals surface area (Å²) in [5, 5.41) is 3.26. The van der Waals surface area contributed by atoms with Gasteiger partial charge in [-0.15, -0.1) is 0 Å². The molecular formula is C13H16N2O. The van der Waals surface area contributed by atoms with Gasteiger partial charge in [-0.25, -0.2) is 4.99 Å². The third kappa shape index (κ3) is 1.47. The zero-order valence-electron chi connectivity index (χ0n) is 9.49. The molecule has 1 N–H and O–H groups in total. The summed E-state index contributed by atoms with van der Waals surface area (Å²) in [7, 11) is 0. The fourth-order valence-corrected chi connectivity index (χ4v) is 2.59. The van der Waals surface area contributed by atoms with Crippen molar-refractivity contribution in [1.82, 2.24) is 0 Å². The highest BCUT2D eigenvalue weighted by atomic mass is 16.5. The predicted molar refractivity (Wildman–Crippen MR) is 64.8 cm³/mol. The van der Waals surface area contributed by atoms with Gasteiger partial charge < -0.3 is 10.1 Å². The first-order valence-corrected chi connectivity index (χ1v) is 5.98. The molecule has 1 atom stereocenters. The highest BCUT2D eigenvalue weighted by Gasteiger charge is 2.27. The van der Waals surface area contributed by atoms with Crippen LogP contribution < -0.4 is 5.32 Å². The van der Waals surface area contributed by atoms with Gasteiger partial charge >= 0.3 is 0 Å². The summed E-state index contributed by atoms with van der Waals surface area (Å²) in [6, 6.07) is 7.43. The molecule has 0 bridgehead atoms. The summed E-state index contributed by atoms with van der Waals surface area (Å²) in [6.45, 7) is 2.64. The molecule has 0 aromatic heterocycles. The van der Waals surface area contributed by atoms with Crippen LogP contribution in [0.4, 0.5) is 5.69 Å². The van der Waals surface area contributed by atoms with E-state index in [0.29, 0.717) is 18.7 Å². The molecule has 1 aromatic rings. The van der Waals surface area contributed by atoms with Crippen molar-refractivity contribution in [3.63, 3.8) is 0 Å². The van der Waals surface area contributed by atoms with Crippen molar-refractivity contribution in [1.29, 1.82) is 0 Å². The Kier molecular flexibility index (Phi) is 2.31. The van der Waals surface area contributed by atoms with E-state index in [1.54, 1.807) is 0 Å². The Hall–Kier alpha value is -1.51. The summed E-state index contributed by atoms with van der Waals surface area (Å²) < 4.78 is 5.47. The van der Waals surface area contributed by atoms with Crippen molar-refractivity contribution in [2.45, 2.75) is 32.2 Å². The molecular weight excluding hydrogens is 200 g/mol. The topological polar surface area (TPSA) is 33.6 Å². The minimum Gasteiger partial charge on any atom is -0.465 e. The van der Waals surface area contributed by atoms with Gasteiger partial charge in [0.15, 0.2) is 0 Å². The number of ether oxygens (including phenoxy) is 1. The molecule has 0 radical (unpaired) electrons. The lowest BCUT2D eigenvalue weighted by Crippen LogP contribution is -2.25. The van der Waals surface area contributed by atoms with Gasteiger partial charge in [-0.2, -0.15) is 0 Å². The second kappa shape index (κ2) is 3.81. The Labute approximate surface area is 95.5 Å². The standard InChI is InChI=1S/C13H16N2O/c1-2-16-13-14-10-7-3-5-9-6-4-8-11(15-13)12(9)10/h3,5,7,11H,2,4,6,8H2,1H3,(H,14,15). The average molecular weight is 216 g/mol. The number of aryl methyl sites for hydroxylation is 1. The van der Waals surface area contributed by atoms with Crippen LogP contribution in [0, 0.1) is 0 Å². The first-order valence-electron chi connectivity index (χ1n) is 5.98. The number of rotatable bonds is 1. The number of hydrogen-bond acceptors (Lipinski definition) is 3. The van der Waals surface area contributed by atoms with E-state index >= 15 is 0 Å². The van der Waals surface area contributed by atoms with Crippen LogP contribution in [0.2, 0.25) is 0 Å². The van der Waals surface area contributed by atoms with E-state index in [0.717, 1.165) is 6.42 Å². The molecule has 3 nitrogen and oxygen atoms in total. The molecule has 0 amide bonds. The normalized spacial score (nSPS) is 21.8. The molecule has 0 fully saturated rings. The summed E-state index contributed by atoms with van der Waals surface area (Å²) in [5.41, 5.74) is 4.01. The molecule has 1 aromatic carbocycles. The third-order valence-electron chi connectivity index (χ3n) is 3.25. The number of aliphatic imine (C=N–C) groups is 1. The van der Waals surface area contributed by atoms with Crippen molar-refractivity contribution < 1.29 is 4.74 Å². The molecule has 16 heavy (non-hydrogen) atoms. The minimum atomic E-state index is 0.308. The van der Waals surface area contributed by atoms with E-state index in [-0.39, 0.29) is 0 Å². The van der Waals surface area contributed by atoms with Gasteiger partial charge in [0.2, 0.25) is 0 Å². The molecule has 0 saturated heterocycles. The van der Waals surface area contributed by atoms with E-state index in [1.807, 2.05) is 6.92 Å². The van der Waals surface area contributed by atoms with Crippen LogP contribution in [0.3, 0.4) is 0 Å². The van der Waals surface area contributed by atoms with Crippen LogP contribution in [0.5, 0.6) is 0 Å². The maximum absolute atomic E-state index is 5.47. The van der Waals surface area contributed by atoms with Crippen molar-refractivity contribution in [3.8, 4) is 0 Å². The van der Waals surface area contributed by atoms with Gasteiger partial charge in [0.05, 0.1) is 12.6 Å². The quantitative estimate of drug-likeness (QED) is 0.783. The molecule has 2 aliphatic rings. The van der Waals surface area contributed by atoms with Crippen molar-refractivity contribution in [2.24, 2.45) is 4.99 Å². The highest BCUT2D eigenvalue weighted by molar-refractivity contribution is 5.92. The number of benzene rings is 1. The summed E-state index contributed by atoms with van der Waals surface area (Å²) in [5.74, 6) is 0. The monoisotopic (exact) mass is 216 g/mol. The fourth-order valence-electron chi connectivity index (χ4n) is 2.59. The minimum absolute atomic E-state index is 0.308. The third-order valence-corrected chi connectivity index (χ3v) is 3.25. The Morgan fingerprint density at radius 2 is 2.44 bits per heavy atom. The second-order valence-corrected chi connectivity index (χ2v) is 4.28. The summed E-state index contributed by atoms with van der Waals surface area (Å²) in [4.78, 5) is 4.63. The smallest absolute Gasteiger partial charge is 0.289 e. The lowest BCUT2D eigenvalue weighted by molar-refractivity contribution is 0.319. The number of nitrogens with one attached hydrogen (secondary N) is 1. The molecule has 3 heteroatoms. The Balaban J connectivity index is 2.03. The Morgan fingerprint density at radius 3 is 3.31 bits per heavy atom. The van der Waals surface area contributed by atoms with Gasteiger partial charge in [0.1, 0.15) is 0 Å². The predicted octanol–water partition coefficient (Wildman–Crippen LogP) is 2.88. The largest absolute Gasteiger partial charge is 0.465 e. The zero-order chi connectivity index (χ0) is 11.0. The van der Waals surface area contributed by atoms with E-state index in [9.17, 15) is 0 Å². The van der Waals surface area contributed by atoms with Crippen molar-refractivity contribution in [3.05, 3.63) is 29.3 Å². The maximum atomic E-state index is 5.47. The summed E-state index contributed by atoms with van der Waals surface area (Å²) in [6.07, 6.45) is 3.55. The lowest BCUT2D eigenvalue weighted by atomic mass is 9.86. The van der Waals surface area contributed by atoms with E-state index in [2.05, 4.69) is 28.5 Å². The number of nitrogens with zero attached hydrogens (tertiary/aromatic N) is 1. The first-order chi connectivity index (χ1) is 7.88. The van der Waals surface area contributed by atoms with Gasteiger partial charge in [0.25, 0.3) is 6.02 Å². The molecule has 1 unspecified atom stereocenters. The fraction of sp³-hybridized carbons (Fsp3) is 0.462. The lowest BCUT2D eigenvalue weighted by Gasteiger charge is -2.30. The number of anilines is 1. The number of hydrogen-bond donors (Lipinski definition) is 1. The van der Waals surface area contributed by atoms with E-state index in [4.69, 9.17) is 4.74 Å². The van der Waals surface area contributed by atoms with Crippen LogP contribution in [0.15, 0.2) is 23.2 Å². The van der Waals surface area contributed by atoms with Crippen LogP contribution in [0.25, 0.3) is 0 Å². The molecule has 0 saturated carbocycles. The van der Waals surface area contributed by atoms with E-state index in [1.165, 1.54) is 29.7 Å². The first kappa shape index (κ1) is 9.70. The molecule has 1 aliphatic heterocycles. The van der Waals surface area contributed by atoms with Gasteiger partial charge in [-0.3, -0.25) is 0 Å². The van der Waals surface area contributed by atoms with Crippen molar-refractivity contribution >= 4 is 11.7 Å². The van der Waals surface area contributed by atoms with Gasteiger partial charge in [-0.1, -0.05) is 12.1 Å². The SMILES string of the molecule is CCOC1=NC2CCCc3cccc(c32)N1. The van der Waals surface area contributed by atoms with Crippen molar-refractivity contribution in [2.75, 3.05) is 11.9 Å². The Bertz CT molecular complexity index is 440. The zero-order valence-corrected chi connectivity index (χ0v) is 9.49. The van der Waals surface area contributed by atoms with E-state index < -0.39 is 0 Å². The summed E-state index contributed by atoms with van der Waals surface area (Å²) >= 11 is 0. The number of amidine groups is 1. The molecule has 84 valence electrons. The van der Waals surface area contributed by atoms with Gasteiger partial charge in [0, 0.05) is 11.3 Å².